The van der Waals surface area contributed by atoms with E-state index in [1.54, 1.807) is 12.1 Å². The second kappa shape index (κ2) is 13.3. The standard InChI is InChI=1S/C24H26FN5O4.C2H6/c1-33-22-8-7-20-23(28-22)18(19(25)12-26-20)9-10-30-13-17(21(14-30)29-32)11-27-24(31)34-15-16-5-3-2-4-6-16;1-2/h2-8,12,17,32H,9-11,13-15H2,1H3,(H,27,31);1-2H3. The molecule has 3 aromatic rings. The average Bonchev–Trinajstić information content (AvgIpc) is 3.33. The first kappa shape index (κ1) is 26.8. The van der Waals surface area contributed by atoms with Gasteiger partial charge < -0.3 is 20.0 Å². The van der Waals surface area contributed by atoms with Crippen molar-refractivity contribution < 1.29 is 23.9 Å². The van der Waals surface area contributed by atoms with Crippen LogP contribution in [0.2, 0.25) is 0 Å². The number of amides is 1. The highest BCUT2D eigenvalue weighted by atomic mass is 19.1. The van der Waals surface area contributed by atoms with Gasteiger partial charge >= 0.3 is 6.09 Å². The summed E-state index contributed by atoms with van der Waals surface area (Å²) in [5.74, 6) is -0.211. The van der Waals surface area contributed by atoms with Crippen LogP contribution in [0.5, 0.6) is 5.88 Å². The van der Waals surface area contributed by atoms with Crippen LogP contribution in [0.3, 0.4) is 0 Å². The van der Waals surface area contributed by atoms with Crippen molar-refractivity contribution in [3.8, 4) is 5.88 Å². The van der Waals surface area contributed by atoms with Gasteiger partial charge in [-0.3, -0.25) is 9.88 Å². The van der Waals surface area contributed by atoms with Crippen LogP contribution in [0.25, 0.3) is 11.0 Å². The highest BCUT2D eigenvalue weighted by Gasteiger charge is 2.30. The highest BCUT2D eigenvalue weighted by molar-refractivity contribution is 5.90. The molecule has 2 N–H and O–H groups in total. The van der Waals surface area contributed by atoms with Crippen LogP contribution in [0.15, 0.2) is 53.8 Å². The quantitative estimate of drug-likeness (QED) is 0.357. The van der Waals surface area contributed by atoms with E-state index >= 15 is 0 Å². The molecule has 1 atom stereocenters. The number of hydrogen-bond donors (Lipinski definition) is 2. The molecule has 1 unspecified atom stereocenters. The number of oxime groups is 1. The number of ether oxygens (including phenoxy) is 2. The monoisotopic (exact) mass is 497 g/mol. The minimum absolute atomic E-state index is 0.175. The van der Waals surface area contributed by atoms with E-state index in [2.05, 4.69) is 20.4 Å². The molecule has 1 aliphatic rings. The molecule has 192 valence electrons. The second-order valence-corrected chi connectivity index (χ2v) is 8.02. The molecule has 4 rings (SSSR count). The van der Waals surface area contributed by atoms with Crippen molar-refractivity contribution in [2.75, 3.05) is 33.3 Å². The summed E-state index contributed by atoms with van der Waals surface area (Å²) in [4.78, 5) is 22.6. The van der Waals surface area contributed by atoms with Gasteiger partial charge in [0.05, 0.1) is 30.1 Å². The van der Waals surface area contributed by atoms with E-state index in [0.29, 0.717) is 54.2 Å². The predicted molar refractivity (Wildman–Crippen MR) is 135 cm³/mol. The van der Waals surface area contributed by atoms with E-state index in [-0.39, 0.29) is 19.1 Å². The predicted octanol–water partition coefficient (Wildman–Crippen LogP) is 4.03. The number of carbonyl (C=O) groups is 1. The van der Waals surface area contributed by atoms with E-state index in [1.165, 1.54) is 13.3 Å². The molecule has 10 heteroatoms. The summed E-state index contributed by atoms with van der Waals surface area (Å²) in [5.41, 5.74) is 2.97. The van der Waals surface area contributed by atoms with Gasteiger partial charge in [-0.15, -0.1) is 0 Å². The first-order valence-electron chi connectivity index (χ1n) is 11.9. The molecule has 3 heterocycles. The number of nitrogens with zero attached hydrogens (tertiary/aromatic N) is 4. The fraction of sp³-hybridized carbons (Fsp3) is 0.385. The molecular formula is C26H32FN5O4. The zero-order valence-electron chi connectivity index (χ0n) is 20.8. The Kier molecular flexibility index (Phi) is 9.93. The molecule has 1 aromatic carbocycles. The summed E-state index contributed by atoms with van der Waals surface area (Å²) < 4.78 is 25.0. The van der Waals surface area contributed by atoms with E-state index in [9.17, 15) is 14.4 Å². The number of halogens is 1. The number of hydrogen-bond acceptors (Lipinski definition) is 8. The van der Waals surface area contributed by atoms with Crippen molar-refractivity contribution in [1.29, 1.82) is 0 Å². The number of benzene rings is 1. The Morgan fingerprint density at radius 3 is 2.75 bits per heavy atom. The maximum atomic E-state index is 14.6. The third kappa shape index (κ3) is 6.88. The van der Waals surface area contributed by atoms with Crippen LogP contribution < -0.4 is 10.1 Å². The van der Waals surface area contributed by atoms with Gasteiger partial charge in [0.1, 0.15) is 12.4 Å². The first-order valence-corrected chi connectivity index (χ1v) is 11.9. The fourth-order valence-corrected chi connectivity index (χ4v) is 3.99. The number of aromatic nitrogens is 2. The Bertz CT molecular complexity index is 1180. The zero-order valence-corrected chi connectivity index (χ0v) is 20.8. The molecule has 9 nitrogen and oxygen atoms in total. The molecule has 1 fully saturated rings. The Labute approximate surface area is 209 Å². The van der Waals surface area contributed by atoms with E-state index < -0.39 is 11.9 Å². The molecule has 2 aromatic heterocycles. The lowest BCUT2D eigenvalue weighted by atomic mass is 10.1. The lowest BCUT2D eigenvalue weighted by Gasteiger charge is -2.16. The third-order valence-electron chi connectivity index (χ3n) is 5.80. The van der Waals surface area contributed by atoms with Crippen molar-refractivity contribution in [1.82, 2.24) is 20.2 Å². The summed E-state index contributed by atoms with van der Waals surface area (Å²) in [7, 11) is 1.51. The van der Waals surface area contributed by atoms with Gasteiger partial charge in [0.15, 0.2) is 0 Å². The normalized spacial score (nSPS) is 16.4. The molecule has 0 saturated carbocycles. The van der Waals surface area contributed by atoms with E-state index in [4.69, 9.17) is 9.47 Å². The molecule has 0 bridgehead atoms. The lowest BCUT2D eigenvalue weighted by Crippen LogP contribution is -2.33. The van der Waals surface area contributed by atoms with Crippen molar-refractivity contribution >= 4 is 22.8 Å². The van der Waals surface area contributed by atoms with Gasteiger partial charge in [-0.25, -0.2) is 14.2 Å². The SMILES string of the molecule is CC.COc1ccc2ncc(F)c(CCN3CC(=NO)C(CNC(=O)OCc4ccccc4)C3)c2n1. The van der Waals surface area contributed by atoms with Crippen LogP contribution >= 0.6 is 0 Å². The molecule has 36 heavy (non-hydrogen) atoms. The Morgan fingerprint density at radius 1 is 1.25 bits per heavy atom. The lowest BCUT2D eigenvalue weighted by molar-refractivity contribution is 0.138. The Balaban J connectivity index is 0.00000176. The van der Waals surface area contributed by atoms with Crippen LogP contribution in [-0.4, -0.2) is 65.2 Å². The van der Waals surface area contributed by atoms with Gasteiger partial charge in [0, 0.05) is 43.7 Å². The minimum Gasteiger partial charge on any atom is -0.481 e. The molecule has 0 aliphatic carbocycles. The van der Waals surface area contributed by atoms with Gasteiger partial charge in [0.2, 0.25) is 5.88 Å². The van der Waals surface area contributed by atoms with E-state index in [0.717, 1.165) is 5.56 Å². The fourth-order valence-electron chi connectivity index (χ4n) is 3.99. The van der Waals surface area contributed by atoms with Crippen LogP contribution in [0, 0.1) is 11.7 Å². The minimum atomic E-state index is -0.537. The molecule has 0 spiro atoms. The Morgan fingerprint density at radius 2 is 2.03 bits per heavy atom. The zero-order chi connectivity index (χ0) is 25.9. The molecule has 1 saturated heterocycles. The first-order chi connectivity index (χ1) is 17.6. The smallest absolute Gasteiger partial charge is 0.407 e. The van der Waals surface area contributed by atoms with Gasteiger partial charge in [-0.05, 0) is 18.1 Å². The average molecular weight is 498 g/mol. The van der Waals surface area contributed by atoms with Crippen molar-refractivity contribution in [3.63, 3.8) is 0 Å². The summed E-state index contributed by atoms with van der Waals surface area (Å²) in [6.07, 6.45) is 1.05. The highest BCUT2D eigenvalue weighted by Crippen LogP contribution is 2.22. The van der Waals surface area contributed by atoms with Crippen molar-refractivity contribution in [2.45, 2.75) is 26.9 Å². The number of pyridine rings is 2. The number of nitrogens with one attached hydrogen (secondary N) is 1. The molecule has 1 amide bonds. The topological polar surface area (TPSA) is 109 Å². The van der Waals surface area contributed by atoms with Crippen LogP contribution in [-0.2, 0) is 17.8 Å². The van der Waals surface area contributed by atoms with E-state index in [1.807, 2.05) is 49.1 Å². The summed E-state index contributed by atoms with van der Waals surface area (Å²) in [6, 6.07) is 12.8. The van der Waals surface area contributed by atoms with Crippen LogP contribution in [0.4, 0.5) is 9.18 Å². The third-order valence-corrected chi connectivity index (χ3v) is 5.80. The summed E-state index contributed by atoms with van der Waals surface area (Å²) >= 11 is 0. The number of fused-ring (bicyclic) bond motifs is 1. The summed E-state index contributed by atoms with van der Waals surface area (Å²) in [5, 5.41) is 15.6. The number of likely N-dealkylation sites (tertiary alicyclic amines) is 1. The number of methoxy groups -OCH3 is 1. The van der Waals surface area contributed by atoms with Gasteiger partial charge in [-0.2, -0.15) is 0 Å². The number of carbonyl (C=O) groups excluding carboxylic acids is 1. The van der Waals surface area contributed by atoms with Crippen LogP contribution in [0.1, 0.15) is 25.0 Å². The van der Waals surface area contributed by atoms with Gasteiger partial charge in [0.25, 0.3) is 0 Å². The second-order valence-electron chi connectivity index (χ2n) is 8.02. The molecular weight excluding hydrogens is 465 g/mol. The van der Waals surface area contributed by atoms with Crippen molar-refractivity contribution in [2.24, 2.45) is 11.1 Å². The maximum absolute atomic E-state index is 14.6. The number of alkyl carbamates (subject to hydrolysis) is 1. The van der Waals surface area contributed by atoms with Gasteiger partial charge in [-0.1, -0.05) is 49.3 Å². The summed E-state index contributed by atoms with van der Waals surface area (Å²) in [6.45, 7) is 5.94. The largest absolute Gasteiger partial charge is 0.481 e. The molecule has 1 aliphatic heterocycles. The maximum Gasteiger partial charge on any atom is 0.407 e. The van der Waals surface area contributed by atoms with Crippen molar-refractivity contribution in [3.05, 3.63) is 65.6 Å². The number of rotatable bonds is 8. The Hall–Kier alpha value is -3.79. The molecule has 0 radical (unpaired) electrons.